The van der Waals surface area contributed by atoms with E-state index in [0.29, 0.717) is 0 Å². The second-order valence-corrected chi connectivity index (χ2v) is 7.94. The number of benzene rings is 4. The monoisotopic (exact) mass is 336 g/mol. The first-order valence-electron chi connectivity index (χ1n) is 9.21. The van der Waals surface area contributed by atoms with Crippen molar-refractivity contribution < 1.29 is 0 Å². The Bertz CT molecular complexity index is 1030. The molecule has 0 N–H and O–H groups in total. The van der Waals surface area contributed by atoms with Crippen LogP contribution in [0.5, 0.6) is 0 Å². The summed E-state index contributed by atoms with van der Waals surface area (Å²) in [6.45, 7) is 6.87. The number of fused-ring (bicyclic) bond motifs is 1. The maximum Gasteiger partial charge on any atom is -0.0125 e. The summed E-state index contributed by atoms with van der Waals surface area (Å²) in [7, 11) is 0. The highest BCUT2D eigenvalue weighted by atomic mass is 14.2. The van der Waals surface area contributed by atoms with Gasteiger partial charge in [-0.05, 0) is 50.1 Å². The molecule has 0 aliphatic rings. The molecule has 26 heavy (non-hydrogen) atoms. The van der Waals surface area contributed by atoms with Gasteiger partial charge in [-0.1, -0.05) is 106 Å². The molecule has 0 atom stereocenters. The zero-order valence-corrected chi connectivity index (χ0v) is 15.7. The normalized spacial score (nSPS) is 11.7. The average molecular weight is 336 g/mol. The molecule has 0 heterocycles. The molecule has 0 saturated heterocycles. The molecular weight excluding hydrogens is 312 g/mol. The van der Waals surface area contributed by atoms with Crippen LogP contribution in [0, 0.1) is 0 Å². The van der Waals surface area contributed by atoms with E-state index in [9.17, 15) is 0 Å². The van der Waals surface area contributed by atoms with Gasteiger partial charge in [-0.2, -0.15) is 0 Å². The van der Waals surface area contributed by atoms with Crippen LogP contribution < -0.4 is 0 Å². The minimum atomic E-state index is 0.0947. The third-order valence-electron chi connectivity index (χ3n) is 5.00. The Hall–Kier alpha value is -2.86. The lowest BCUT2D eigenvalue weighted by molar-refractivity contribution is 0.593. The predicted octanol–water partition coefficient (Wildman–Crippen LogP) is 7.47. The Morgan fingerprint density at radius 1 is 0.500 bits per heavy atom. The van der Waals surface area contributed by atoms with Crippen molar-refractivity contribution in [2.75, 3.05) is 0 Å². The first-order chi connectivity index (χ1) is 12.5. The average Bonchev–Trinajstić information content (AvgIpc) is 2.67. The van der Waals surface area contributed by atoms with Crippen molar-refractivity contribution in [3.05, 3.63) is 96.6 Å². The molecule has 0 aromatic heterocycles. The van der Waals surface area contributed by atoms with Gasteiger partial charge in [0.2, 0.25) is 0 Å². The molecular formula is C26H24. The molecule has 4 aromatic carbocycles. The van der Waals surface area contributed by atoms with Crippen molar-refractivity contribution >= 4 is 10.8 Å². The van der Waals surface area contributed by atoms with Gasteiger partial charge in [0, 0.05) is 0 Å². The maximum absolute atomic E-state index is 2.36. The van der Waals surface area contributed by atoms with E-state index in [4.69, 9.17) is 0 Å². The third kappa shape index (κ3) is 3.15. The zero-order chi connectivity index (χ0) is 18.1. The van der Waals surface area contributed by atoms with Gasteiger partial charge >= 0.3 is 0 Å². The molecule has 0 spiro atoms. The van der Waals surface area contributed by atoms with E-state index in [1.54, 1.807) is 0 Å². The predicted molar refractivity (Wildman–Crippen MR) is 114 cm³/mol. The molecule has 0 aliphatic carbocycles. The molecule has 0 nitrogen and oxygen atoms in total. The minimum Gasteiger partial charge on any atom is -0.0622 e. The van der Waals surface area contributed by atoms with Crippen LogP contribution >= 0.6 is 0 Å². The summed E-state index contributed by atoms with van der Waals surface area (Å²) in [5.74, 6) is 0. The molecule has 128 valence electrons. The molecule has 4 rings (SSSR count). The van der Waals surface area contributed by atoms with Gasteiger partial charge in [0.25, 0.3) is 0 Å². The fourth-order valence-electron chi connectivity index (χ4n) is 3.57. The van der Waals surface area contributed by atoms with Gasteiger partial charge in [-0.15, -0.1) is 0 Å². The van der Waals surface area contributed by atoms with Crippen LogP contribution in [0.1, 0.15) is 26.3 Å². The molecule has 4 aromatic rings. The second kappa shape index (κ2) is 6.46. The van der Waals surface area contributed by atoms with Crippen LogP contribution in [-0.4, -0.2) is 0 Å². The summed E-state index contributed by atoms with van der Waals surface area (Å²) in [5, 5.41) is 2.60. The Kier molecular flexibility index (Phi) is 4.12. The SMILES string of the molecule is CC(C)(C)c1cc2ccccc2cc1-c1ccc(-c2ccccc2)cc1. The Morgan fingerprint density at radius 3 is 1.62 bits per heavy atom. The van der Waals surface area contributed by atoms with Gasteiger partial charge in [0.1, 0.15) is 0 Å². The van der Waals surface area contributed by atoms with Crippen molar-refractivity contribution in [2.24, 2.45) is 0 Å². The van der Waals surface area contributed by atoms with Gasteiger partial charge in [-0.3, -0.25) is 0 Å². The van der Waals surface area contributed by atoms with Crippen LogP contribution in [0.25, 0.3) is 33.0 Å². The van der Waals surface area contributed by atoms with Crippen LogP contribution in [0.2, 0.25) is 0 Å². The number of hydrogen-bond donors (Lipinski definition) is 0. The first-order valence-corrected chi connectivity index (χ1v) is 9.21. The molecule has 0 heteroatoms. The summed E-state index contributed by atoms with van der Waals surface area (Å²) in [5.41, 5.74) is 6.61. The third-order valence-corrected chi connectivity index (χ3v) is 5.00. The van der Waals surface area contributed by atoms with Gasteiger partial charge in [0.15, 0.2) is 0 Å². The number of hydrogen-bond acceptors (Lipinski definition) is 0. The standard InChI is InChI=1S/C26H24/c1-26(2,3)25-18-23-12-8-7-11-22(23)17-24(25)21-15-13-20(14-16-21)19-9-5-4-6-10-19/h4-18H,1-3H3. The lowest BCUT2D eigenvalue weighted by Gasteiger charge is -2.24. The summed E-state index contributed by atoms with van der Waals surface area (Å²) < 4.78 is 0. The van der Waals surface area contributed by atoms with Crippen molar-refractivity contribution in [2.45, 2.75) is 26.2 Å². The van der Waals surface area contributed by atoms with Crippen molar-refractivity contribution in [1.29, 1.82) is 0 Å². The van der Waals surface area contributed by atoms with E-state index >= 15 is 0 Å². The first kappa shape index (κ1) is 16.6. The van der Waals surface area contributed by atoms with Crippen molar-refractivity contribution in [1.82, 2.24) is 0 Å². The summed E-state index contributed by atoms with van der Waals surface area (Å²) in [6, 6.07) is 32.8. The fourth-order valence-corrected chi connectivity index (χ4v) is 3.57. The molecule has 0 bridgehead atoms. The van der Waals surface area contributed by atoms with E-state index in [2.05, 4.69) is 112 Å². The maximum atomic E-state index is 2.36. The smallest absolute Gasteiger partial charge is 0.0125 e. The summed E-state index contributed by atoms with van der Waals surface area (Å²) >= 11 is 0. The van der Waals surface area contributed by atoms with E-state index < -0.39 is 0 Å². The van der Waals surface area contributed by atoms with Gasteiger partial charge < -0.3 is 0 Å². The Labute approximate surface area is 156 Å². The molecule has 0 aliphatic heterocycles. The van der Waals surface area contributed by atoms with Crippen LogP contribution in [0.3, 0.4) is 0 Å². The fraction of sp³-hybridized carbons (Fsp3) is 0.154. The highest BCUT2D eigenvalue weighted by Crippen LogP contribution is 2.36. The summed E-state index contributed by atoms with van der Waals surface area (Å²) in [6.07, 6.45) is 0. The Balaban J connectivity index is 1.85. The lowest BCUT2D eigenvalue weighted by atomic mass is 9.80. The molecule has 0 radical (unpaired) electrons. The molecule has 0 amide bonds. The number of rotatable bonds is 2. The second-order valence-electron chi connectivity index (χ2n) is 7.94. The highest BCUT2D eigenvalue weighted by molar-refractivity contribution is 5.90. The molecule has 0 fully saturated rings. The quantitative estimate of drug-likeness (QED) is 0.356. The minimum absolute atomic E-state index is 0.0947. The van der Waals surface area contributed by atoms with Crippen LogP contribution in [0.15, 0.2) is 91.0 Å². The Morgan fingerprint density at radius 2 is 1.00 bits per heavy atom. The molecule has 0 saturated carbocycles. The van der Waals surface area contributed by atoms with Crippen molar-refractivity contribution in [3.63, 3.8) is 0 Å². The topological polar surface area (TPSA) is 0 Å². The van der Waals surface area contributed by atoms with Crippen molar-refractivity contribution in [3.8, 4) is 22.3 Å². The highest BCUT2D eigenvalue weighted by Gasteiger charge is 2.19. The molecule has 0 unspecified atom stereocenters. The van der Waals surface area contributed by atoms with E-state index in [1.165, 1.54) is 38.6 Å². The lowest BCUT2D eigenvalue weighted by Crippen LogP contribution is -2.12. The van der Waals surface area contributed by atoms with E-state index in [-0.39, 0.29) is 5.41 Å². The van der Waals surface area contributed by atoms with Gasteiger partial charge in [0.05, 0.1) is 0 Å². The zero-order valence-electron chi connectivity index (χ0n) is 15.7. The van der Waals surface area contributed by atoms with Crippen LogP contribution in [0.4, 0.5) is 0 Å². The van der Waals surface area contributed by atoms with Crippen LogP contribution in [-0.2, 0) is 5.41 Å². The summed E-state index contributed by atoms with van der Waals surface area (Å²) in [4.78, 5) is 0. The largest absolute Gasteiger partial charge is 0.0622 e. The van der Waals surface area contributed by atoms with E-state index in [0.717, 1.165) is 0 Å². The van der Waals surface area contributed by atoms with Gasteiger partial charge in [-0.25, -0.2) is 0 Å². The van der Waals surface area contributed by atoms with E-state index in [1.807, 2.05) is 0 Å².